The van der Waals surface area contributed by atoms with Crippen molar-refractivity contribution in [2.75, 3.05) is 37.6 Å². The number of primary amides is 1. The molecule has 2 heterocycles. The Balaban J connectivity index is 1.85. The highest BCUT2D eigenvalue weighted by Crippen LogP contribution is 2.14. The van der Waals surface area contributed by atoms with Crippen molar-refractivity contribution in [1.29, 1.82) is 0 Å². The van der Waals surface area contributed by atoms with Crippen LogP contribution in [0, 0.1) is 5.92 Å². The second kappa shape index (κ2) is 6.67. The Morgan fingerprint density at radius 3 is 2.55 bits per heavy atom. The molecule has 1 atom stereocenters. The van der Waals surface area contributed by atoms with Gasteiger partial charge in [-0.25, -0.2) is 4.98 Å². The summed E-state index contributed by atoms with van der Waals surface area (Å²) in [4.78, 5) is 20.1. The average Bonchev–Trinajstić information content (AvgIpc) is 2.48. The summed E-state index contributed by atoms with van der Waals surface area (Å²) >= 11 is 0. The van der Waals surface area contributed by atoms with Crippen LogP contribution in [0.2, 0.25) is 0 Å². The van der Waals surface area contributed by atoms with Crippen molar-refractivity contribution < 1.29 is 4.79 Å². The molecule has 2 rings (SSSR count). The van der Waals surface area contributed by atoms with Crippen molar-refractivity contribution in [3.63, 3.8) is 0 Å². The van der Waals surface area contributed by atoms with Gasteiger partial charge >= 0.3 is 0 Å². The Bertz CT molecular complexity index is 439. The molecule has 6 nitrogen and oxygen atoms in total. The van der Waals surface area contributed by atoms with Crippen LogP contribution in [-0.2, 0) is 11.3 Å². The van der Waals surface area contributed by atoms with Crippen LogP contribution >= 0.6 is 0 Å². The van der Waals surface area contributed by atoms with E-state index in [0.717, 1.165) is 44.1 Å². The Labute approximate surface area is 119 Å². The number of pyridine rings is 1. The molecule has 1 fully saturated rings. The van der Waals surface area contributed by atoms with E-state index in [4.69, 9.17) is 11.5 Å². The second-order valence-corrected chi connectivity index (χ2v) is 5.32. The fourth-order valence-corrected chi connectivity index (χ4v) is 2.36. The number of amides is 1. The van der Waals surface area contributed by atoms with Gasteiger partial charge in [0.1, 0.15) is 5.82 Å². The Morgan fingerprint density at radius 1 is 1.35 bits per heavy atom. The van der Waals surface area contributed by atoms with E-state index >= 15 is 0 Å². The van der Waals surface area contributed by atoms with Crippen molar-refractivity contribution in [2.24, 2.45) is 17.4 Å². The number of piperazine rings is 1. The van der Waals surface area contributed by atoms with Gasteiger partial charge in [0.15, 0.2) is 0 Å². The van der Waals surface area contributed by atoms with Gasteiger partial charge in [0.05, 0.1) is 0 Å². The minimum Gasteiger partial charge on any atom is -0.369 e. The van der Waals surface area contributed by atoms with E-state index in [0.29, 0.717) is 6.54 Å². The van der Waals surface area contributed by atoms with Gasteiger partial charge in [-0.15, -0.1) is 0 Å². The van der Waals surface area contributed by atoms with Gasteiger partial charge in [0, 0.05) is 51.4 Å². The zero-order valence-electron chi connectivity index (χ0n) is 12.0. The third kappa shape index (κ3) is 3.68. The topological polar surface area (TPSA) is 88.5 Å². The number of rotatable bonds is 5. The quantitative estimate of drug-likeness (QED) is 0.777. The van der Waals surface area contributed by atoms with Gasteiger partial charge in [0.25, 0.3) is 0 Å². The molecule has 1 aromatic rings. The maximum atomic E-state index is 11.1. The molecule has 0 saturated carbocycles. The molecule has 6 heteroatoms. The lowest BCUT2D eigenvalue weighted by atomic mass is 10.1. The molecule has 0 spiro atoms. The number of nitrogens with two attached hydrogens (primary N) is 2. The third-order valence-electron chi connectivity index (χ3n) is 3.76. The standard InChI is InChI=1S/C14H23N5O/c1-11(14(16)20)10-18-4-6-19(7-5-18)13-3-2-12(8-15)9-17-13/h2-3,9,11H,4-8,10,15H2,1H3,(H2,16,20). The van der Waals surface area contributed by atoms with Gasteiger partial charge in [-0.05, 0) is 11.6 Å². The fourth-order valence-electron chi connectivity index (χ4n) is 2.36. The molecule has 20 heavy (non-hydrogen) atoms. The summed E-state index contributed by atoms with van der Waals surface area (Å²) in [5, 5.41) is 0. The van der Waals surface area contributed by atoms with Gasteiger partial charge < -0.3 is 16.4 Å². The Kier molecular flexibility index (Phi) is 4.92. The zero-order valence-corrected chi connectivity index (χ0v) is 12.0. The first-order valence-electron chi connectivity index (χ1n) is 7.01. The van der Waals surface area contributed by atoms with Crippen LogP contribution in [0.5, 0.6) is 0 Å². The molecule has 1 aromatic heterocycles. The lowest BCUT2D eigenvalue weighted by molar-refractivity contribution is -0.121. The summed E-state index contributed by atoms with van der Waals surface area (Å²) < 4.78 is 0. The van der Waals surface area contributed by atoms with Gasteiger partial charge in [0.2, 0.25) is 5.91 Å². The molecule has 0 aromatic carbocycles. The highest BCUT2D eigenvalue weighted by molar-refractivity contribution is 5.76. The largest absolute Gasteiger partial charge is 0.369 e. The van der Waals surface area contributed by atoms with Crippen LogP contribution in [0.1, 0.15) is 12.5 Å². The van der Waals surface area contributed by atoms with Gasteiger partial charge in [-0.3, -0.25) is 9.69 Å². The van der Waals surface area contributed by atoms with Crippen LogP contribution in [0.15, 0.2) is 18.3 Å². The summed E-state index contributed by atoms with van der Waals surface area (Å²) in [6, 6.07) is 4.04. The van der Waals surface area contributed by atoms with Gasteiger partial charge in [-0.1, -0.05) is 13.0 Å². The average molecular weight is 277 g/mol. The maximum Gasteiger partial charge on any atom is 0.221 e. The van der Waals surface area contributed by atoms with E-state index in [-0.39, 0.29) is 11.8 Å². The molecule has 0 radical (unpaired) electrons. The molecule has 1 unspecified atom stereocenters. The SMILES string of the molecule is CC(CN1CCN(c2ccc(CN)cn2)CC1)C(N)=O. The van der Waals surface area contributed by atoms with E-state index in [1.807, 2.05) is 25.3 Å². The number of carbonyl (C=O) groups excluding carboxylic acids is 1. The van der Waals surface area contributed by atoms with Crippen molar-refractivity contribution in [2.45, 2.75) is 13.5 Å². The molecule has 0 aliphatic carbocycles. The van der Waals surface area contributed by atoms with E-state index in [1.54, 1.807) is 0 Å². The molecule has 1 aliphatic heterocycles. The minimum absolute atomic E-state index is 0.0940. The Morgan fingerprint density at radius 2 is 2.05 bits per heavy atom. The molecule has 1 amide bonds. The number of carbonyl (C=O) groups is 1. The molecular weight excluding hydrogens is 254 g/mol. The fraction of sp³-hybridized carbons (Fsp3) is 0.571. The monoisotopic (exact) mass is 277 g/mol. The summed E-state index contributed by atoms with van der Waals surface area (Å²) in [7, 11) is 0. The van der Waals surface area contributed by atoms with Crippen LogP contribution in [-0.4, -0.2) is 48.5 Å². The molecule has 1 saturated heterocycles. The normalized spacial score (nSPS) is 18.0. The lowest BCUT2D eigenvalue weighted by Gasteiger charge is -2.36. The van der Waals surface area contributed by atoms with Crippen LogP contribution in [0.3, 0.4) is 0 Å². The molecule has 110 valence electrons. The second-order valence-electron chi connectivity index (χ2n) is 5.32. The maximum absolute atomic E-state index is 11.1. The first-order chi connectivity index (χ1) is 9.60. The van der Waals surface area contributed by atoms with Gasteiger partial charge in [-0.2, -0.15) is 0 Å². The predicted molar refractivity (Wildman–Crippen MR) is 79.1 cm³/mol. The summed E-state index contributed by atoms with van der Waals surface area (Å²) in [5.41, 5.74) is 11.9. The van der Waals surface area contributed by atoms with E-state index in [9.17, 15) is 4.79 Å². The highest BCUT2D eigenvalue weighted by Gasteiger charge is 2.20. The minimum atomic E-state index is -0.230. The third-order valence-corrected chi connectivity index (χ3v) is 3.76. The number of hydrogen-bond donors (Lipinski definition) is 2. The van der Waals surface area contributed by atoms with Crippen LogP contribution in [0.25, 0.3) is 0 Å². The van der Waals surface area contributed by atoms with Crippen LogP contribution < -0.4 is 16.4 Å². The summed E-state index contributed by atoms with van der Waals surface area (Å²) in [5.74, 6) is 0.666. The van der Waals surface area contributed by atoms with E-state index in [1.165, 1.54) is 0 Å². The Hall–Kier alpha value is -1.66. The number of anilines is 1. The van der Waals surface area contributed by atoms with Crippen LogP contribution in [0.4, 0.5) is 5.82 Å². The van der Waals surface area contributed by atoms with Crippen molar-refractivity contribution in [3.05, 3.63) is 23.9 Å². The van der Waals surface area contributed by atoms with Crippen molar-refractivity contribution in [1.82, 2.24) is 9.88 Å². The van der Waals surface area contributed by atoms with E-state index < -0.39 is 0 Å². The van der Waals surface area contributed by atoms with E-state index in [2.05, 4.69) is 14.8 Å². The first-order valence-corrected chi connectivity index (χ1v) is 7.01. The first kappa shape index (κ1) is 14.7. The molecule has 0 bridgehead atoms. The zero-order chi connectivity index (χ0) is 14.5. The smallest absolute Gasteiger partial charge is 0.221 e. The summed E-state index contributed by atoms with van der Waals surface area (Å²) in [6.07, 6.45) is 1.83. The highest BCUT2D eigenvalue weighted by atomic mass is 16.1. The predicted octanol–water partition coefficient (Wildman–Crippen LogP) is -0.216. The summed E-state index contributed by atoms with van der Waals surface area (Å²) in [6.45, 7) is 6.83. The van der Waals surface area contributed by atoms with Crippen molar-refractivity contribution >= 4 is 11.7 Å². The lowest BCUT2D eigenvalue weighted by Crippen LogP contribution is -2.48. The number of nitrogens with zero attached hydrogens (tertiary/aromatic N) is 3. The number of aromatic nitrogens is 1. The molecule has 1 aliphatic rings. The van der Waals surface area contributed by atoms with Crippen molar-refractivity contribution in [3.8, 4) is 0 Å². The molecular formula is C14H23N5O. The number of hydrogen-bond acceptors (Lipinski definition) is 5. The molecule has 4 N–H and O–H groups in total.